The van der Waals surface area contributed by atoms with Crippen LogP contribution in [0.1, 0.15) is 17.4 Å². The molecule has 2 aromatic heterocycles. The summed E-state index contributed by atoms with van der Waals surface area (Å²) >= 11 is 6.24. The van der Waals surface area contributed by atoms with Gasteiger partial charge in [0.2, 0.25) is 0 Å². The Morgan fingerprint density at radius 3 is 2.65 bits per heavy atom. The third-order valence-electron chi connectivity index (χ3n) is 4.94. The van der Waals surface area contributed by atoms with Crippen LogP contribution in [0.4, 0.5) is 5.82 Å². The third-order valence-corrected chi connectivity index (χ3v) is 5.18. The van der Waals surface area contributed by atoms with Gasteiger partial charge in [-0.3, -0.25) is 0 Å². The molecule has 1 aliphatic heterocycles. The van der Waals surface area contributed by atoms with Crippen molar-refractivity contribution in [1.82, 2.24) is 15.0 Å². The van der Waals surface area contributed by atoms with Gasteiger partial charge in [0, 0.05) is 66.5 Å². The minimum Gasteiger partial charge on any atom is -0.456 e. The molecule has 4 rings (SSSR count). The molecule has 31 heavy (non-hydrogen) atoms. The lowest BCUT2D eigenvalue weighted by Crippen LogP contribution is -2.36. The summed E-state index contributed by atoms with van der Waals surface area (Å²) in [5.74, 6) is 2.47. The average molecular weight is 442 g/mol. The van der Waals surface area contributed by atoms with Gasteiger partial charge in [0.15, 0.2) is 5.82 Å². The van der Waals surface area contributed by atoms with Crippen molar-refractivity contribution in [2.45, 2.75) is 13.0 Å². The van der Waals surface area contributed by atoms with Gasteiger partial charge >= 0.3 is 0 Å². The molecule has 1 unspecified atom stereocenters. The Bertz CT molecular complexity index is 1040. The van der Waals surface area contributed by atoms with Crippen LogP contribution in [-0.4, -0.2) is 52.9 Å². The van der Waals surface area contributed by atoms with Crippen LogP contribution in [0.15, 0.2) is 42.7 Å². The van der Waals surface area contributed by atoms with Crippen LogP contribution in [0.3, 0.4) is 0 Å². The summed E-state index contributed by atoms with van der Waals surface area (Å²) in [6.45, 7) is 4.96. The fourth-order valence-corrected chi connectivity index (χ4v) is 3.47. The molecule has 162 valence electrons. The maximum absolute atomic E-state index is 9.87. The summed E-state index contributed by atoms with van der Waals surface area (Å²) in [4.78, 5) is 15.6. The van der Waals surface area contributed by atoms with Gasteiger partial charge < -0.3 is 25.2 Å². The molecule has 0 radical (unpaired) electrons. The number of pyridine rings is 1. The molecule has 8 nitrogen and oxygen atoms in total. The zero-order valence-corrected chi connectivity index (χ0v) is 17.9. The Kier molecular flexibility index (Phi) is 6.62. The van der Waals surface area contributed by atoms with Gasteiger partial charge in [-0.25, -0.2) is 15.0 Å². The number of aliphatic hydroxyl groups is 1. The predicted molar refractivity (Wildman–Crippen MR) is 119 cm³/mol. The minimum absolute atomic E-state index is 0.102. The number of hydrogen-bond donors (Lipinski definition) is 2. The molecule has 0 spiro atoms. The summed E-state index contributed by atoms with van der Waals surface area (Å²) in [6, 6.07) is 9.07. The molecule has 1 aromatic carbocycles. The number of aromatic nitrogens is 3. The first-order valence-electron chi connectivity index (χ1n) is 10.0. The summed E-state index contributed by atoms with van der Waals surface area (Å²) in [5, 5.41) is 10.4. The van der Waals surface area contributed by atoms with Crippen molar-refractivity contribution < 1.29 is 14.6 Å². The van der Waals surface area contributed by atoms with Crippen LogP contribution in [0, 0.1) is 6.92 Å². The number of nitrogens with two attached hydrogens (primary N) is 1. The van der Waals surface area contributed by atoms with Crippen molar-refractivity contribution in [2.75, 3.05) is 37.7 Å². The second kappa shape index (κ2) is 9.57. The molecule has 0 amide bonds. The molecular weight excluding hydrogens is 418 g/mol. The van der Waals surface area contributed by atoms with Crippen LogP contribution in [0.5, 0.6) is 11.5 Å². The van der Waals surface area contributed by atoms with E-state index in [1.807, 2.05) is 25.1 Å². The molecule has 1 aliphatic rings. The molecule has 9 heteroatoms. The van der Waals surface area contributed by atoms with Crippen molar-refractivity contribution in [1.29, 1.82) is 0 Å². The molecule has 3 N–H and O–H groups in total. The number of ether oxygens (including phenoxy) is 2. The van der Waals surface area contributed by atoms with Gasteiger partial charge in [0.05, 0.1) is 24.9 Å². The number of morpholine rings is 1. The van der Waals surface area contributed by atoms with E-state index in [1.165, 1.54) is 0 Å². The van der Waals surface area contributed by atoms with Crippen LogP contribution in [0.25, 0.3) is 11.4 Å². The lowest BCUT2D eigenvalue weighted by Gasteiger charge is -2.28. The van der Waals surface area contributed by atoms with Gasteiger partial charge in [-0.1, -0.05) is 11.6 Å². The van der Waals surface area contributed by atoms with Gasteiger partial charge in [0.25, 0.3) is 0 Å². The lowest BCUT2D eigenvalue weighted by atomic mass is 10.1. The highest BCUT2D eigenvalue weighted by atomic mass is 35.5. The van der Waals surface area contributed by atoms with E-state index in [0.717, 1.165) is 24.6 Å². The van der Waals surface area contributed by atoms with Crippen LogP contribution >= 0.6 is 11.6 Å². The Morgan fingerprint density at radius 1 is 1.19 bits per heavy atom. The number of aryl methyl sites for hydroxylation is 1. The number of benzene rings is 1. The van der Waals surface area contributed by atoms with Crippen molar-refractivity contribution in [3.63, 3.8) is 0 Å². The number of nitrogens with zero attached hydrogens (tertiary/aromatic N) is 4. The summed E-state index contributed by atoms with van der Waals surface area (Å²) < 4.78 is 11.7. The lowest BCUT2D eigenvalue weighted by molar-refractivity contribution is 0.122. The topological polar surface area (TPSA) is 107 Å². The van der Waals surface area contributed by atoms with E-state index in [1.54, 1.807) is 24.5 Å². The maximum atomic E-state index is 9.87. The molecule has 1 saturated heterocycles. The van der Waals surface area contributed by atoms with E-state index in [9.17, 15) is 5.11 Å². The van der Waals surface area contributed by atoms with Crippen molar-refractivity contribution >= 4 is 17.4 Å². The van der Waals surface area contributed by atoms with Gasteiger partial charge in [-0.2, -0.15) is 0 Å². The van der Waals surface area contributed by atoms with Crippen molar-refractivity contribution in [3.05, 3.63) is 59.0 Å². The molecule has 1 atom stereocenters. The monoisotopic (exact) mass is 441 g/mol. The molecular formula is C22H24ClN5O3. The van der Waals surface area contributed by atoms with Gasteiger partial charge in [0.1, 0.15) is 17.3 Å². The molecule has 3 heterocycles. The highest BCUT2D eigenvalue weighted by molar-refractivity contribution is 6.30. The number of rotatable bonds is 6. The van der Waals surface area contributed by atoms with Gasteiger partial charge in [-0.15, -0.1) is 0 Å². The quantitative estimate of drug-likeness (QED) is 0.600. The van der Waals surface area contributed by atoms with E-state index in [4.69, 9.17) is 26.8 Å². The molecule has 0 aliphatic carbocycles. The van der Waals surface area contributed by atoms with E-state index < -0.39 is 6.10 Å². The number of hydrogen-bond acceptors (Lipinski definition) is 8. The van der Waals surface area contributed by atoms with E-state index in [2.05, 4.69) is 19.9 Å². The number of aliphatic hydroxyl groups excluding tert-OH is 1. The first-order valence-corrected chi connectivity index (χ1v) is 10.4. The van der Waals surface area contributed by atoms with Crippen LogP contribution in [-0.2, 0) is 4.74 Å². The largest absolute Gasteiger partial charge is 0.456 e. The SMILES string of the molecule is Cc1cc(Oc2cc(Cl)ccc2-c2ncc(C(O)CN)cn2)cc(N2CCOCC2)n1. The predicted octanol–water partition coefficient (Wildman–Crippen LogP) is 3.12. The second-order valence-corrected chi connectivity index (χ2v) is 7.67. The zero-order chi connectivity index (χ0) is 21.8. The van der Waals surface area contributed by atoms with E-state index in [-0.39, 0.29) is 6.54 Å². The molecule has 3 aromatic rings. The molecule has 1 fully saturated rings. The smallest absolute Gasteiger partial charge is 0.162 e. The highest BCUT2D eigenvalue weighted by Gasteiger charge is 2.16. The van der Waals surface area contributed by atoms with Crippen LogP contribution in [0.2, 0.25) is 5.02 Å². The van der Waals surface area contributed by atoms with E-state index in [0.29, 0.717) is 46.7 Å². The second-order valence-electron chi connectivity index (χ2n) is 7.24. The number of anilines is 1. The van der Waals surface area contributed by atoms with Crippen LogP contribution < -0.4 is 15.4 Å². The molecule has 0 saturated carbocycles. The highest BCUT2D eigenvalue weighted by Crippen LogP contribution is 2.35. The third kappa shape index (κ3) is 5.11. The number of halogens is 1. The standard InChI is InChI=1S/C22H24ClN5O3/c1-14-8-17(10-21(27-14)28-4-6-30-7-5-28)31-20-9-16(23)2-3-18(20)22-25-12-15(13-26-22)19(29)11-24/h2-3,8-10,12-13,19,29H,4-7,11,24H2,1H3. The van der Waals surface area contributed by atoms with Crippen molar-refractivity contribution in [3.8, 4) is 22.9 Å². The first-order chi connectivity index (χ1) is 15.0. The summed E-state index contributed by atoms with van der Waals surface area (Å²) in [6.07, 6.45) is 2.32. The minimum atomic E-state index is -0.798. The Labute approximate surface area is 185 Å². The van der Waals surface area contributed by atoms with Crippen molar-refractivity contribution in [2.24, 2.45) is 5.73 Å². The molecule has 0 bridgehead atoms. The summed E-state index contributed by atoms with van der Waals surface area (Å²) in [7, 11) is 0. The van der Waals surface area contributed by atoms with E-state index >= 15 is 0 Å². The maximum Gasteiger partial charge on any atom is 0.162 e. The Hall–Kier alpha value is -2.78. The average Bonchev–Trinajstić information content (AvgIpc) is 2.79. The van der Waals surface area contributed by atoms with Gasteiger partial charge in [-0.05, 0) is 19.1 Å². The normalized spacial score (nSPS) is 15.0. The Balaban J connectivity index is 1.65. The zero-order valence-electron chi connectivity index (χ0n) is 17.2. The Morgan fingerprint density at radius 2 is 1.94 bits per heavy atom. The fourth-order valence-electron chi connectivity index (χ4n) is 3.31. The first kappa shape index (κ1) is 21.5. The summed E-state index contributed by atoms with van der Waals surface area (Å²) in [5.41, 5.74) is 7.59. The fraction of sp³-hybridized carbons (Fsp3) is 0.318.